The number of hydrogen-bond acceptors (Lipinski definition) is 8. The third kappa shape index (κ3) is 3.37. The van der Waals surface area contributed by atoms with Crippen molar-refractivity contribution in [3.63, 3.8) is 0 Å². The number of Topliss-reactive ketones (excluding diaryl/α,β-unsaturated/α-hetero) is 4. The van der Waals surface area contributed by atoms with Gasteiger partial charge in [0, 0.05) is 22.3 Å². The molecule has 9 heteroatoms. The smallest absolute Gasteiger partial charge is 0.325 e. The van der Waals surface area contributed by atoms with Crippen molar-refractivity contribution in [1.82, 2.24) is 5.32 Å². The van der Waals surface area contributed by atoms with E-state index in [-0.39, 0.29) is 39.8 Å². The molecule has 0 saturated carbocycles. The van der Waals surface area contributed by atoms with Crippen molar-refractivity contribution < 1.29 is 38.2 Å². The van der Waals surface area contributed by atoms with Crippen LogP contribution in [0.5, 0.6) is 11.5 Å². The summed E-state index contributed by atoms with van der Waals surface area (Å²) in [5.74, 6) is -5.33. The summed E-state index contributed by atoms with van der Waals surface area (Å²) in [5, 5.41) is 2.21. The number of fused-ring (bicyclic) bond motifs is 2. The van der Waals surface area contributed by atoms with Gasteiger partial charge in [-0.25, -0.2) is 0 Å². The Balaban J connectivity index is 1.55. The van der Waals surface area contributed by atoms with Gasteiger partial charge in [0.1, 0.15) is 18.0 Å². The van der Waals surface area contributed by atoms with Gasteiger partial charge in [-0.1, -0.05) is 0 Å². The van der Waals surface area contributed by atoms with Gasteiger partial charge < -0.3 is 14.8 Å². The number of carbonyl (C=O) groups excluding carboxylic acids is 6. The summed E-state index contributed by atoms with van der Waals surface area (Å²) in [4.78, 5) is 73.0. The molecule has 0 heterocycles. The Morgan fingerprint density at radius 3 is 1.91 bits per heavy atom. The average molecular weight is 435 g/mol. The highest BCUT2D eigenvalue weighted by Gasteiger charge is 2.43. The fourth-order valence-corrected chi connectivity index (χ4v) is 3.73. The number of amides is 1. The Kier molecular flexibility index (Phi) is 5.17. The highest BCUT2D eigenvalue weighted by atomic mass is 16.5. The van der Waals surface area contributed by atoms with Crippen LogP contribution in [0.2, 0.25) is 0 Å². The molecule has 1 N–H and O–H groups in total. The van der Waals surface area contributed by atoms with Gasteiger partial charge in [-0.3, -0.25) is 28.8 Å². The molecule has 0 aliphatic heterocycles. The SMILES string of the molecule is COC(=O)CNC(=O)C1C(=O)c2ccc(Oc3ccc4c(c3)C(=O)C(C)C4=O)cc2C1=O. The largest absolute Gasteiger partial charge is 0.468 e. The summed E-state index contributed by atoms with van der Waals surface area (Å²) in [5.41, 5.74) is 0.705. The van der Waals surface area contributed by atoms with Crippen molar-refractivity contribution in [3.8, 4) is 11.5 Å². The number of rotatable bonds is 5. The first kappa shape index (κ1) is 21.1. The van der Waals surface area contributed by atoms with Crippen molar-refractivity contribution in [1.29, 1.82) is 0 Å². The summed E-state index contributed by atoms with van der Waals surface area (Å²) in [6, 6.07) is 8.68. The first-order valence-electron chi connectivity index (χ1n) is 9.70. The lowest BCUT2D eigenvalue weighted by Gasteiger charge is -2.08. The predicted molar refractivity (Wildman–Crippen MR) is 108 cm³/mol. The molecule has 9 nitrogen and oxygen atoms in total. The molecule has 162 valence electrons. The third-order valence-corrected chi connectivity index (χ3v) is 5.49. The molecule has 2 aromatic carbocycles. The molecular weight excluding hydrogens is 418 g/mol. The normalized spacial score (nSPS) is 18.9. The second kappa shape index (κ2) is 7.84. The van der Waals surface area contributed by atoms with E-state index in [1.165, 1.54) is 36.4 Å². The lowest BCUT2D eigenvalue weighted by atomic mass is 10.0. The maximum atomic E-state index is 12.7. The van der Waals surface area contributed by atoms with Crippen LogP contribution in [0.3, 0.4) is 0 Å². The number of nitrogens with one attached hydrogen (secondary N) is 1. The summed E-state index contributed by atoms with van der Waals surface area (Å²) >= 11 is 0. The first-order chi connectivity index (χ1) is 15.2. The maximum Gasteiger partial charge on any atom is 0.325 e. The topological polar surface area (TPSA) is 133 Å². The third-order valence-electron chi connectivity index (χ3n) is 5.49. The van der Waals surface area contributed by atoms with E-state index in [0.29, 0.717) is 5.56 Å². The van der Waals surface area contributed by atoms with Gasteiger partial charge in [-0.2, -0.15) is 0 Å². The standard InChI is InChI=1S/C23H17NO8/c1-10-19(26)13-5-3-11(7-15(13)20(10)27)32-12-4-6-14-16(8-12)22(29)18(21(14)28)23(30)24-9-17(25)31-2/h3-8,10,18H,9H2,1-2H3,(H,24,30). The van der Waals surface area contributed by atoms with Crippen LogP contribution in [0.15, 0.2) is 36.4 Å². The van der Waals surface area contributed by atoms with E-state index in [2.05, 4.69) is 10.1 Å². The van der Waals surface area contributed by atoms with Crippen molar-refractivity contribution in [2.45, 2.75) is 6.92 Å². The fourth-order valence-electron chi connectivity index (χ4n) is 3.73. The minimum absolute atomic E-state index is 0.0201. The number of benzene rings is 2. The van der Waals surface area contributed by atoms with Gasteiger partial charge >= 0.3 is 5.97 Å². The van der Waals surface area contributed by atoms with E-state index in [0.717, 1.165) is 7.11 Å². The second-order valence-corrected chi connectivity index (χ2v) is 7.42. The van der Waals surface area contributed by atoms with Gasteiger partial charge in [-0.15, -0.1) is 0 Å². The van der Waals surface area contributed by atoms with Crippen LogP contribution in [-0.2, 0) is 14.3 Å². The Morgan fingerprint density at radius 1 is 0.812 bits per heavy atom. The van der Waals surface area contributed by atoms with Crippen molar-refractivity contribution in [2.75, 3.05) is 13.7 Å². The molecular formula is C23H17NO8. The lowest BCUT2D eigenvalue weighted by Crippen LogP contribution is -2.39. The molecule has 2 atom stereocenters. The van der Waals surface area contributed by atoms with Crippen molar-refractivity contribution in [3.05, 3.63) is 58.7 Å². The lowest BCUT2D eigenvalue weighted by molar-refractivity contribution is -0.141. The Morgan fingerprint density at radius 2 is 1.31 bits per heavy atom. The van der Waals surface area contributed by atoms with Crippen LogP contribution in [0.4, 0.5) is 0 Å². The molecule has 2 unspecified atom stereocenters. The molecule has 2 aliphatic carbocycles. The highest BCUT2D eigenvalue weighted by Crippen LogP contribution is 2.34. The summed E-state index contributed by atoms with van der Waals surface area (Å²) in [6.07, 6.45) is 0. The molecule has 32 heavy (non-hydrogen) atoms. The monoisotopic (exact) mass is 435 g/mol. The molecule has 1 amide bonds. The first-order valence-corrected chi connectivity index (χ1v) is 9.70. The number of methoxy groups -OCH3 is 1. The van der Waals surface area contributed by atoms with Crippen LogP contribution >= 0.6 is 0 Å². The zero-order valence-corrected chi connectivity index (χ0v) is 17.1. The van der Waals surface area contributed by atoms with E-state index in [9.17, 15) is 28.8 Å². The quantitative estimate of drug-likeness (QED) is 0.555. The van der Waals surface area contributed by atoms with Gasteiger partial charge in [-0.05, 0) is 43.3 Å². The maximum absolute atomic E-state index is 12.7. The van der Waals surface area contributed by atoms with Gasteiger partial charge in [0.15, 0.2) is 29.1 Å². The molecule has 0 bridgehead atoms. The number of ether oxygens (including phenoxy) is 2. The Labute approximate surface area is 181 Å². The number of esters is 1. The Bertz CT molecular complexity index is 1230. The van der Waals surface area contributed by atoms with E-state index in [1.807, 2.05) is 0 Å². The summed E-state index contributed by atoms with van der Waals surface area (Å²) in [7, 11) is 1.15. The van der Waals surface area contributed by atoms with E-state index >= 15 is 0 Å². The fraction of sp³-hybridized carbons (Fsp3) is 0.217. The van der Waals surface area contributed by atoms with Gasteiger partial charge in [0.25, 0.3) is 0 Å². The van der Waals surface area contributed by atoms with Crippen LogP contribution in [-0.4, -0.2) is 48.7 Å². The average Bonchev–Trinajstić information content (AvgIpc) is 3.16. The van der Waals surface area contributed by atoms with Crippen molar-refractivity contribution >= 4 is 35.0 Å². The predicted octanol–water partition coefficient (Wildman–Crippen LogP) is 1.78. The molecule has 0 radical (unpaired) electrons. The molecule has 0 saturated heterocycles. The van der Waals surface area contributed by atoms with E-state index in [1.54, 1.807) is 6.92 Å². The van der Waals surface area contributed by atoms with Crippen molar-refractivity contribution in [2.24, 2.45) is 11.8 Å². The van der Waals surface area contributed by atoms with Crippen LogP contribution < -0.4 is 10.1 Å². The van der Waals surface area contributed by atoms with Gasteiger partial charge in [0.2, 0.25) is 5.91 Å². The summed E-state index contributed by atoms with van der Waals surface area (Å²) in [6.45, 7) is 1.08. The molecule has 0 spiro atoms. The molecule has 2 aliphatic rings. The van der Waals surface area contributed by atoms with Crippen LogP contribution in [0.1, 0.15) is 48.4 Å². The highest BCUT2D eigenvalue weighted by molar-refractivity contribution is 6.35. The number of ketones is 4. The van der Waals surface area contributed by atoms with Crippen LogP contribution in [0.25, 0.3) is 0 Å². The minimum Gasteiger partial charge on any atom is -0.468 e. The molecule has 4 rings (SSSR count). The molecule has 0 aromatic heterocycles. The number of hydrogen-bond donors (Lipinski definition) is 1. The molecule has 0 fully saturated rings. The zero-order valence-electron chi connectivity index (χ0n) is 17.1. The number of carbonyl (C=O) groups is 6. The van der Waals surface area contributed by atoms with E-state index < -0.39 is 41.8 Å². The van der Waals surface area contributed by atoms with Gasteiger partial charge in [0.05, 0.1) is 13.0 Å². The van der Waals surface area contributed by atoms with E-state index in [4.69, 9.17) is 4.74 Å². The van der Waals surface area contributed by atoms with Crippen LogP contribution in [0, 0.1) is 11.8 Å². The summed E-state index contributed by atoms with van der Waals surface area (Å²) < 4.78 is 10.1. The Hall–Kier alpha value is -4.14. The molecule has 2 aromatic rings. The second-order valence-electron chi connectivity index (χ2n) is 7.42. The minimum atomic E-state index is -1.59. The zero-order chi connectivity index (χ0) is 23.2.